The maximum atomic E-state index is 10.6. The van der Waals surface area contributed by atoms with Crippen LogP contribution in [0, 0.1) is 5.92 Å². The number of anilines is 1. The molecule has 2 aromatic rings. The molecular weight excluding hydrogens is 308 g/mol. The number of hydrogen-bond donors (Lipinski definition) is 0. The lowest BCUT2D eigenvalue weighted by molar-refractivity contribution is -0.104. The molecule has 2 aliphatic heterocycles. The van der Waals surface area contributed by atoms with Gasteiger partial charge in [-0.05, 0) is 34.1 Å². The Morgan fingerprint density at radius 3 is 2.83 bits per heavy atom. The number of rotatable bonds is 5. The van der Waals surface area contributed by atoms with Crippen LogP contribution in [0.3, 0.4) is 0 Å². The van der Waals surface area contributed by atoms with Gasteiger partial charge in [-0.2, -0.15) is 0 Å². The van der Waals surface area contributed by atoms with Crippen LogP contribution in [-0.2, 0) is 9.53 Å². The molecule has 7 heteroatoms. The number of nitrogens with zero attached hydrogens (tertiary/aromatic N) is 4. The molecule has 2 fully saturated rings. The van der Waals surface area contributed by atoms with Gasteiger partial charge in [-0.3, -0.25) is 9.69 Å². The zero-order chi connectivity index (χ0) is 16.4. The molecule has 4 rings (SSSR count). The van der Waals surface area contributed by atoms with E-state index in [0.717, 1.165) is 74.5 Å². The predicted octanol–water partition coefficient (Wildman–Crippen LogP) is 1.20. The molecule has 0 aliphatic carbocycles. The standard InChI is InChI=1S/C17H20N4O3/c22-5-1-2-13-8-15-17(19-24-18-15)16(9-13)21-11-14(12-21)10-20-3-6-23-7-4-20/h1-2,5,8-9,14H,3-4,6-7,10-12H2. The smallest absolute Gasteiger partial charge is 0.158 e. The number of ether oxygens (including phenoxy) is 1. The summed E-state index contributed by atoms with van der Waals surface area (Å²) in [7, 11) is 0. The van der Waals surface area contributed by atoms with Gasteiger partial charge in [-0.1, -0.05) is 6.08 Å². The maximum absolute atomic E-state index is 10.6. The van der Waals surface area contributed by atoms with Crippen molar-refractivity contribution >= 4 is 29.1 Å². The van der Waals surface area contributed by atoms with Gasteiger partial charge in [0.2, 0.25) is 0 Å². The fourth-order valence-electron chi connectivity index (χ4n) is 3.41. The van der Waals surface area contributed by atoms with Crippen LogP contribution in [0.25, 0.3) is 17.1 Å². The normalized spacial score (nSPS) is 19.9. The molecule has 0 atom stereocenters. The molecule has 0 amide bonds. The van der Waals surface area contributed by atoms with E-state index in [1.165, 1.54) is 6.08 Å². The Kier molecular flexibility index (Phi) is 4.27. The zero-order valence-corrected chi connectivity index (χ0v) is 13.4. The third-order valence-electron chi connectivity index (χ3n) is 4.65. The number of allylic oxidation sites excluding steroid dienone is 1. The lowest BCUT2D eigenvalue weighted by atomic mass is 9.97. The largest absolute Gasteiger partial charge is 0.379 e. The molecule has 0 radical (unpaired) electrons. The summed E-state index contributed by atoms with van der Waals surface area (Å²) in [6.45, 7) is 6.85. The number of hydrogen-bond acceptors (Lipinski definition) is 7. The van der Waals surface area contributed by atoms with Crippen LogP contribution in [0.1, 0.15) is 5.56 Å². The summed E-state index contributed by atoms with van der Waals surface area (Å²) in [5, 5.41) is 7.98. The molecule has 2 aliphatic rings. The van der Waals surface area contributed by atoms with Gasteiger partial charge < -0.3 is 9.64 Å². The summed E-state index contributed by atoms with van der Waals surface area (Å²) in [5.41, 5.74) is 3.45. The van der Waals surface area contributed by atoms with E-state index in [4.69, 9.17) is 9.37 Å². The van der Waals surface area contributed by atoms with Gasteiger partial charge in [-0.25, -0.2) is 4.63 Å². The van der Waals surface area contributed by atoms with E-state index in [9.17, 15) is 4.79 Å². The first-order valence-electron chi connectivity index (χ1n) is 8.26. The Hall–Kier alpha value is -2.25. The van der Waals surface area contributed by atoms with Gasteiger partial charge in [0, 0.05) is 38.6 Å². The molecule has 7 nitrogen and oxygen atoms in total. The minimum atomic E-state index is 0.659. The van der Waals surface area contributed by atoms with Gasteiger partial charge in [0.05, 0.1) is 18.9 Å². The molecular formula is C17H20N4O3. The van der Waals surface area contributed by atoms with Crippen molar-refractivity contribution in [2.75, 3.05) is 50.8 Å². The molecule has 126 valence electrons. The van der Waals surface area contributed by atoms with Crippen molar-refractivity contribution in [3.8, 4) is 0 Å². The van der Waals surface area contributed by atoms with E-state index >= 15 is 0 Å². The fourth-order valence-corrected chi connectivity index (χ4v) is 3.41. The summed E-state index contributed by atoms with van der Waals surface area (Å²) >= 11 is 0. The van der Waals surface area contributed by atoms with Gasteiger partial charge >= 0.3 is 0 Å². The second kappa shape index (κ2) is 6.70. The number of benzene rings is 1. The van der Waals surface area contributed by atoms with E-state index in [-0.39, 0.29) is 0 Å². The van der Waals surface area contributed by atoms with Gasteiger partial charge in [0.15, 0.2) is 5.52 Å². The molecule has 0 N–H and O–H groups in total. The van der Waals surface area contributed by atoms with Crippen LogP contribution < -0.4 is 4.90 Å². The van der Waals surface area contributed by atoms with Crippen molar-refractivity contribution in [3.05, 3.63) is 23.8 Å². The van der Waals surface area contributed by atoms with Crippen molar-refractivity contribution in [2.45, 2.75) is 0 Å². The second-order valence-electron chi connectivity index (χ2n) is 6.35. The highest BCUT2D eigenvalue weighted by molar-refractivity contribution is 5.91. The Labute approximate surface area is 139 Å². The first kappa shape index (κ1) is 15.3. The average molecular weight is 328 g/mol. The number of morpholine rings is 1. The topological polar surface area (TPSA) is 71.7 Å². The second-order valence-corrected chi connectivity index (χ2v) is 6.35. The average Bonchev–Trinajstić information content (AvgIpc) is 3.05. The maximum Gasteiger partial charge on any atom is 0.158 e. The van der Waals surface area contributed by atoms with Crippen molar-refractivity contribution in [3.63, 3.8) is 0 Å². The van der Waals surface area contributed by atoms with Crippen LogP contribution in [0.2, 0.25) is 0 Å². The monoisotopic (exact) mass is 328 g/mol. The van der Waals surface area contributed by atoms with Crippen molar-refractivity contribution in [2.24, 2.45) is 5.92 Å². The number of fused-ring (bicyclic) bond motifs is 1. The first-order chi connectivity index (χ1) is 11.8. The van der Waals surface area contributed by atoms with E-state index in [0.29, 0.717) is 5.92 Å². The molecule has 0 unspecified atom stereocenters. The molecule has 2 saturated heterocycles. The summed E-state index contributed by atoms with van der Waals surface area (Å²) < 4.78 is 10.3. The Bertz CT molecular complexity index is 745. The van der Waals surface area contributed by atoms with Crippen molar-refractivity contribution in [1.82, 2.24) is 15.2 Å². The van der Waals surface area contributed by atoms with Crippen molar-refractivity contribution in [1.29, 1.82) is 0 Å². The van der Waals surface area contributed by atoms with Crippen molar-refractivity contribution < 1.29 is 14.2 Å². The molecule has 1 aromatic heterocycles. The first-order valence-corrected chi connectivity index (χ1v) is 8.26. The van der Waals surface area contributed by atoms with Crippen LogP contribution in [0.15, 0.2) is 22.8 Å². The molecule has 24 heavy (non-hydrogen) atoms. The number of aldehydes is 1. The van der Waals surface area contributed by atoms with E-state index in [1.54, 1.807) is 6.08 Å². The minimum Gasteiger partial charge on any atom is -0.379 e. The molecule has 0 saturated carbocycles. The Morgan fingerprint density at radius 1 is 1.21 bits per heavy atom. The highest BCUT2D eigenvalue weighted by Gasteiger charge is 2.31. The molecule has 0 bridgehead atoms. The summed E-state index contributed by atoms with van der Waals surface area (Å²) in [6.07, 6.45) is 4.03. The number of aromatic nitrogens is 2. The Balaban J connectivity index is 1.47. The fraction of sp³-hybridized carbons (Fsp3) is 0.471. The lowest BCUT2D eigenvalue weighted by Crippen LogP contribution is -2.53. The van der Waals surface area contributed by atoms with E-state index in [1.807, 2.05) is 12.1 Å². The molecule has 3 heterocycles. The molecule has 0 spiro atoms. The summed E-state index contributed by atoms with van der Waals surface area (Å²) in [4.78, 5) is 15.3. The van der Waals surface area contributed by atoms with E-state index < -0.39 is 0 Å². The quantitative estimate of drug-likeness (QED) is 0.603. The molecule has 1 aromatic carbocycles. The minimum absolute atomic E-state index is 0.659. The highest BCUT2D eigenvalue weighted by Crippen LogP contribution is 2.32. The van der Waals surface area contributed by atoms with Gasteiger partial charge in [-0.15, -0.1) is 0 Å². The van der Waals surface area contributed by atoms with Crippen LogP contribution in [0.4, 0.5) is 5.69 Å². The third-order valence-corrected chi connectivity index (χ3v) is 4.65. The van der Waals surface area contributed by atoms with Crippen LogP contribution >= 0.6 is 0 Å². The van der Waals surface area contributed by atoms with Crippen LogP contribution in [-0.4, -0.2) is 67.4 Å². The number of carbonyl (C=O) groups is 1. The van der Waals surface area contributed by atoms with E-state index in [2.05, 4.69) is 20.1 Å². The Morgan fingerprint density at radius 2 is 2.04 bits per heavy atom. The third kappa shape index (κ3) is 3.05. The zero-order valence-electron chi connectivity index (χ0n) is 13.4. The van der Waals surface area contributed by atoms with Gasteiger partial charge in [0.25, 0.3) is 0 Å². The summed E-state index contributed by atoms with van der Waals surface area (Å²) in [6, 6.07) is 3.91. The summed E-state index contributed by atoms with van der Waals surface area (Å²) in [5.74, 6) is 0.659. The lowest BCUT2D eigenvalue weighted by Gasteiger charge is -2.43. The number of carbonyl (C=O) groups excluding carboxylic acids is 1. The van der Waals surface area contributed by atoms with Gasteiger partial charge in [0.1, 0.15) is 11.8 Å². The SMILES string of the molecule is O=CC=Cc1cc(N2CC(CN3CCOCC3)C2)c2nonc2c1. The van der Waals surface area contributed by atoms with Crippen LogP contribution in [0.5, 0.6) is 0 Å². The highest BCUT2D eigenvalue weighted by atomic mass is 16.6. The predicted molar refractivity (Wildman–Crippen MR) is 89.9 cm³/mol.